The number of hydrogen-bond donors (Lipinski definition) is 1. The van der Waals surface area contributed by atoms with Gasteiger partial charge in [0.25, 0.3) is 5.91 Å². The van der Waals surface area contributed by atoms with E-state index in [0.29, 0.717) is 11.6 Å². The largest absolute Gasteiger partial charge is 0.322 e. The molecule has 0 saturated heterocycles. The highest BCUT2D eigenvalue weighted by Crippen LogP contribution is 2.33. The third kappa shape index (κ3) is 2.84. The van der Waals surface area contributed by atoms with Crippen LogP contribution in [0, 0.1) is 0 Å². The third-order valence-electron chi connectivity index (χ3n) is 4.63. The van der Waals surface area contributed by atoms with Crippen LogP contribution < -0.4 is 5.32 Å². The van der Waals surface area contributed by atoms with Crippen molar-refractivity contribution in [3.05, 3.63) is 58.7 Å². The smallest absolute Gasteiger partial charge is 0.256 e. The van der Waals surface area contributed by atoms with Gasteiger partial charge in [0.2, 0.25) is 0 Å². The van der Waals surface area contributed by atoms with E-state index in [1.54, 1.807) is 0 Å². The summed E-state index contributed by atoms with van der Waals surface area (Å²) in [5.74, 6) is -0.113. The second-order valence-corrected chi connectivity index (χ2v) is 7.15. The van der Waals surface area contributed by atoms with Gasteiger partial charge in [-0.1, -0.05) is 47.0 Å². The second-order valence-electron chi connectivity index (χ2n) is 6.23. The van der Waals surface area contributed by atoms with Crippen LogP contribution in [0.1, 0.15) is 42.1 Å². The average molecular weight is 384 g/mol. The van der Waals surface area contributed by atoms with Gasteiger partial charge in [-0.25, -0.2) is 0 Å². The first-order valence-corrected chi connectivity index (χ1v) is 9.05. The van der Waals surface area contributed by atoms with Crippen molar-refractivity contribution < 1.29 is 4.79 Å². The van der Waals surface area contributed by atoms with Gasteiger partial charge in [-0.15, -0.1) is 0 Å². The molecule has 1 aliphatic carbocycles. The van der Waals surface area contributed by atoms with Gasteiger partial charge >= 0.3 is 0 Å². The predicted molar refractivity (Wildman–Crippen MR) is 99.3 cm³/mol. The Morgan fingerprint density at radius 1 is 1.17 bits per heavy atom. The van der Waals surface area contributed by atoms with E-state index in [1.165, 1.54) is 12.8 Å². The first-order chi connectivity index (χ1) is 11.7. The zero-order valence-corrected chi connectivity index (χ0v) is 14.8. The van der Waals surface area contributed by atoms with Crippen molar-refractivity contribution in [2.45, 2.75) is 31.7 Å². The summed E-state index contributed by atoms with van der Waals surface area (Å²) < 4.78 is 2.99. The molecule has 0 spiro atoms. The quantitative estimate of drug-likeness (QED) is 0.678. The first kappa shape index (κ1) is 15.4. The molecule has 1 saturated carbocycles. The number of amides is 1. The molecule has 5 heteroatoms. The molecule has 1 amide bonds. The summed E-state index contributed by atoms with van der Waals surface area (Å²) in [6, 6.07) is 13.9. The summed E-state index contributed by atoms with van der Waals surface area (Å²) in [6.07, 6.45) is 6.65. The number of nitrogens with zero attached hydrogens (tertiary/aromatic N) is 2. The van der Waals surface area contributed by atoms with E-state index < -0.39 is 0 Å². The van der Waals surface area contributed by atoms with Crippen LogP contribution in [0.2, 0.25) is 0 Å². The predicted octanol–water partition coefficient (Wildman–Crippen LogP) is 5.17. The van der Waals surface area contributed by atoms with Gasteiger partial charge in [0.05, 0.1) is 23.3 Å². The first-order valence-electron chi connectivity index (χ1n) is 8.25. The number of rotatable bonds is 3. The number of carbonyl (C=O) groups is 1. The van der Waals surface area contributed by atoms with Gasteiger partial charge < -0.3 is 5.32 Å². The number of para-hydroxylation sites is 1. The molecule has 4 nitrogen and oxygen atoms in total. The van der Waals surface area contributed by atoms with E-state index in [-0.39, 0.29) is 5.91 Å². The number of nitrogens with one attached hydrogen (secondary N) is 1. The Labute approximate surface area is 149 Å². The molecule has 0 atom stereocenters. The SMILES string of the molecule is O=C(Nc1ccccc1)c1cc(Br)cc2c1cnn2C1CCCC1. The summed E-state index contributed by atoms with van der Waals surface area (Å²) in [7, 11) is 0. The van der Waals surface area contributed by atoms with E-state index in [9.17, 15) is 4.79 Å². The van der Waals surface area contributed by atoms with Crippen LogP contribution in [-0.4, -0.2) is 15.7 Å². The maximum atomic E-state index is 12.7. The Morgan fingerprint density at radius 3 is 2.67 bits per heavy atom. The Morgan fingerprint density at radius 2 is 1.92 bits per heavy atom. The van der Waals surface area contributed by atoms with Gasteiger partial charge in [-0.05, 0) is 37.1 Å². The number of aromatic nitrogens is 2. The molecule has 1 aliphatic rings. The van der Waals surface area contributed by atoms with Crippen LogP contribution in [0.4, 0.5) is 5.69 Å². The van der Waals surface area contributed by atoms with Crippen molar-refractivity contribution in [1.82, 2.24) is 9.78 Å². The van der Waals surface area contributed by atoms with E-state index in [4.69, 9.17) is 0 Å². The monoisotopic (exact) mass is 383 g/mol. The minimum Gasteiger partial charge on any atom is -0.322 e. The molecule has 122 valence electrons. The lowest BCUT2D eigenvalue weighted by molar-refractivity contribution is 0.102. The number of carbonyl (C=O) groups excluding carboxylic acids is 1. The van der Waals surface area contributed by atoms with Crippen molar-refractivity contribution in [3.8, 4) is 0 Å². The molecular formula is C19H18BrN3O. The van der Waals surface area contributed by atoms with Gasteiger partial charge in [0.1, 0.15) is 0 Å². The van der Waals surface area contributed by atoms with Crippen LogP contribution in [0.15, 0.2) is 53.1 Å². The lowest BCUT2D eigenvalue weighted by atomic mass is 10.1. The summed E-state index contributed by atoms with van der Waals surface area (Å²) in [5, 5.41) is 8.45. The second kappa shape index (κ2) is 6.40. The summed E-state index contributed by atoms with van der Waals surface area (Å²) in [6.45, 7) is 0. The van der Waals surface area contributed by atoms with Gasteiger partial charge in [0, 0.05) is 15.5 Å². The molecule has 0 bridgehead atoms. The molecule has 3 aromatic rings. The number of anilines is 1. The molecule has 1 heterocycles. The van der Waals surface area contributed by atoms with E-state index in [0.717, 1.165) is 33.9 Å². The van der Waals surface area contributed by atoms with Gasteiger partial charge in [0.15, 0.2) is 0 Å². The third-order valence-corrected chi connectivity index (χ3v) is 5.09. The number of fused-ring (bicyclic) bond motifs is 1. The molecule has 2 aromatic carbocycles. The fraction of sp³-hybridized carbons (Fsp3) is 0.263. The van der Waals surface area contributed by atoms with E-state index in [2.05, 4.69) is 37.1 Å². The lowest BCUT2D eigenvalue weighted by Gasteiger charge is -2.12. The van der Waals surface area contributed by atoms with E-state index >= 15 is 0 Å². The highest BCUT2D eigenvalue weighted by molar-refractivity contribution is 9.10. The highest BCUT2D eigenvalue weighted by Gasteiger charge is 2.22. The van der Waals surface area contributed by atoms with Crippen LogP contribution in [-0.2, 0) is 0 Å². The zero-order valence-electron chi connectivity index (χ0n) is 13.2. The van der Waals surface area contributed by atoms with Crippen LogP contribution in [0.5, 0.6) is 0 Å². The topological polar surface area (TPSA) is 46.9 Å². The standard InChI is InChI=1S/C19H18BrN3O/c20-13-10-16(19(24)22-14-6-2-1-3-7-14)17-12-21-23(18(17)11-13)15-8-4-5-9-15/h1-3,6-7,10-12,15H,4-5,8-9H2,(H,22,24). The Hall–Kier alpha value is -2.14. The fourth-order valence-corrected chi connectivity index (χ4v) is 3.90. The van der Waals surface area contributed by atoms with Crippen LogP contribution in [0.3, 0.4) is 0 Å². The molecule has 0 radical (unpaired) electrons. The van der Waals surface area contributed by atoms with Crippen LogP contribution >= 0.6 is 15.9 Å². The number of benzene rings is 2. The van der Waals surface area contributed by atoms with Crippen molar-refractivity contribution in [3.63, 3.8) is 0 Å². The van der Waals surface area contributed by atoms with E-state index in [1.807, 2.05) is 42.6 Å². The summed E-state index contributed by atoms with van der Waals surface area (Å²) in [4.78, 5) is 12.7. The van der Waals surface area contributed by atoms with Crippen molar-refractivity contribution in [2.75, 3.05) is 5.32 Å². The number of hydrogen-bond acceptors (Lipinski definition) is 2. The maximum Gasteiger partial charge on any atom is 0.256 e. The maximum absolute atomic E-state index is 12.7. The molecule has 1 aromatic heterocycles. The lowest BCUT2D eigenvalue weighted by Crippen LogP contribution is -2.12. The summed E-state index contributed by atoms with van der Waals surface area (Å²) >= 11 is 3.54. The molecule has 24 heavy (non-hydrogen) atoms. The molecular weight excluding hydrogens is 366 g/mol. The molecule has 0 aliphatic heterocycles. The van der Waals surface area contributed by atoms with Crippen LogP contribution in [0.25, 0.3) is 10.9 Å². The molecule has 1 fully saturated rings. The Kier molecular flexibility index (Phi) is 4.10. The Balaban J connectivity index is 1.74. The normalized spacial score (nSPS) is 15.0. The van der Waals surface area contributed by atoms with Crippen molar-refractivity contribution in [1.29, 1.82) is 0 Å². The van der Waals surface area contributed by atoms with Crippen molar-refractivity contribution >= 4 is 38.4 Å². The molecule has 4 rings (SSSR count). The minimum absolute atomic E-state index is 0.113. The Bertz CT molecular complexity index is 882. The minimum atomic E-state index is -0.113. The fourth-order valence-electron chi connectivity index (χ4n) is 3.46. The average Bonchev–Trinajstić information content (AvgIpc) is 3.23. The summed E-state index contributed by atoms with van der Waals surface area (Å²) in [5.41, 5.74) is 2.46. The highest BCUT2D eigenvalue weighted by atomic mass is 79.9. The van der Waals surface area contributed by atoms with Gasteiger partial charge in [-0.2, -0.15) is 5.10 Å². The number of halogens is 1. The van der Waals surface area contributed by atoms with Gasteiger partial charge in [-0.3, -0.25) is 9.48 Å². The zero-order chi connectivity index (χ0) is 16.5. The molecule has 0 unspecified atom stereocenters. The van der Waals surface area contributed by atoms with Crippen molar-refractivity contribution in [2.24, 2.45) is 0 Å². The molecule has 1 N–H and O–H groups in total.